The van der Waals surface area contributed by atoms with Crippen LogP contribution in [-0.2, 0) is 6.54 Å². The Bertz CT molecular complexity index is 1370. The average Bonchev–Trinajstić information content (AvgIpc) is 2.78. The summed E-state index contributed by atoms with van der Waals surface area (Å²) in [5.41, 5.74) is 5.89. The zero-order chi connectivity index (χ0) is 22.1. The number of carbonyl (C=O) groups is 1. The maximum absolute atomic E-state index is 13.5. The van der Waals surface area contributed by atoms with Crippen LogP contribution in [0, 0.1) is 20.8 Å². The normalized spacial score (nSPS) is 11.0. The van der Waals surface area contributed by atoms with Gasteiger partial charge in [-0.05, 0) is 61.8 Å². The fraction of sp³-hybridized carbons (Fsp3) is 0.192. The van der Waals surface area contributed by atoms with Crippen molar-refractivity contribution in [1.82, 2.24) is 9.55 Å². The van der Waals surface area contributed by atoms with E-state index in [9.17, 15) is 9.59 Å². The van der Waals surface area contributed by atoms with Crippen LogP contribution in [0.2, 0.25) is 6.82 Å². The zero-order valence-corrected chi connectivity index (χ0v) is 18.3. The number of para-hydroxylation sites is 1. The van der Waals surface area contributed by atoms with Gasteiger partial charge in [0.25, 0.3) is 0 Å². The van der Waals surface area contributed by atoms with E-state index < -0.39 is 0 Å². The molecule has 2 aromatic carbocycles. The van der Waals surface area contributed by atoms with Gasteiger partial charge in [0, 0.05) is 16.6 Å². The maximum atomic E-state index is 13.5. The van der Waals surface area contributed by atoms with E-state index in [1.807, 2.05) is 88.0 Å². The first-order valence-electron chi connectivity index (χ1n) is 10.4. The SMILES string of the molecule is C[B]c1cccc(Cn2c(C)c(C(=O)c3ccc(C)c(C)c3)c(=O)c3ccccc32)n1. The van der Waals surface area contributed by atoms with E-state index in [1.165, 1.54) is 0 Å². The summed E-state index contributed by atoms with van der Waals surface area (Å²) in [5, 5.41) is 0.540. The Morgan fingerprint density at radius 1 is 0.968 bits per heavy atom. The van der Waals surface area contributed by atoms with Crippen molar-refractivity contribution in [3.05, 3.63) is 105 Å². The van der Waals surface area contributed by atoms with Crippen molar-refractivity contribution >= 4 is 29.6 Å². The molecular formula is C26H24BN2O2. The molecule has 0 unspecified atom stereocenters. The van der Waals surface area contributed by atoms with Gasteiger partial charge in [0.1, 0.15) is 0 Å². The molecule has 0 N–H and O–H groups in total. The van der Waals surface area contributed by atoms with Gasteiger partial charge in [0.15, 0.2) is 13.1 Å². The summed E-state index contributed by atoms with van der Waals surface area (Å²) < 4.78 is 2.02. The summed E-state index contributed by atoms with van der Waals surface area (Å²) in [6.07, 6.45) is 0. The number of aryl methyl sites for hydroxylation is 2. The first-order valence-corrected chi connectivity index (χ1v) is 10.4. The topological polar surface area (TPSA) is 52.0 Å². The van der Waals surface area contributed by atoms with Crippen LogP contribution in [0.4, 0.5) is 0 Å². The largest absolute Gasteiger partial charge is 0.338 e. The molecule has 31 heavy (non-hydrogen) atoms. The highest BCUT2D eigenvalue weighted by Crippen LogP contribution is 2.21. The smallest absolute Gasteiger partial charge is 0.200 e. The first kappa shape index (κ1) is 20.8. The van der Waals surface area contributed by atoms with Crippen molar-refractivity contribution in [3.8, 4) is 0 Å². The van der Waals surface area contributed by atoms with E-state index in [0.717, 1.165) is 27.9 Å². The Hall–Kier alpha value is -3.47. The van der Waals surface area contributed by atoms with E-state index in [-0.39, 0.29) is 16.8 Å². The van der Waals surface area contributed by atoms with E-state index in [4.69, 9.17) is 0 Å². The predicted molar refractivity (Wildman–Crippen MR) is 127 cm³/mol. The second kappa shape index (κ2) is 8.34. The lowest BCUT2D eigenvalue weighted by Crippen LogP contribution is -2.25. The standard InChI is InChI=1S/C26H24BN2O2/c1-16-12-13-19(14-17(16)2)25(30)24-18(3)29(15-20-8-7-11-23(27-4)28-20)22-10-6-5-9-21(22)26(24)31/h5-14H,15H2,1-4H3. The number of hydrogen-bond donors (Lipinski definition) is 0. The monoisotopic (exact) mass is 407 g/mol. The lowest BCUT2D eigenvalue weighted by atomic mass is 9.77. The molecule has 0 spiro atoms. The third-order valence-electron chi connectivity index (χ3n) is 5.87. The number of carbonyl (C=O) groups excluding carboxylic acids is 1. The van der Waals surface area contributed by atoms with E-state index in [2.05, 4.69) is 4.98 Å². The quantitative estimate of drug-likeness (QED) is 0.372. The summed E-state index contributed by atoms with van der Waals surface area (Å²) in [4.78, 5) is 31.5. The van der Waals surface area contributed by atoms with Crippen LogP contribution >= 0.6 is 0 Å². The van der Waals surface area contributed by atoms with Gasteiger partial charge in [0.2, 0.25) is 5.43 Å². The van der Waals surface area contributed by atoms with Crippen LogP contribution in [0.1, 0.15) is 38.4 Å². The minimum absolute atomic E-state index is 0.222. The summed E-state index contributed by atoms with van der Waals surface area (Å²) in [5.74, 6) is -0.242. The average molecular weight is 407 g/mol. The molecule has 4 aromatic rings. The Balaban J connectivity index is 1.93. The molecule has 0 aliphatic rings. The number of hydrogen-bond acceptors (Lipinski definition) is 3. The van der Waals surface area contributed by atoms with Crippen LogP contribution < -0.4 is 11.0 Å². The van der Waals surface area contributed by atoms with Crippen molar-refractivity contribution in [3.63, 3.8) is 0 Å². The lowest BCUT2D eigenvalue weighted by molar-refractivity contribution is 0.103. The van der Waals surface area contributed by atoms with Gasteiger partial charge in [-0.2, -0.15) is 0 Å². The number of fused-ring (bicyclic) bond motifs is 1. The second-order valence-electron chi connectivity index (χ2n) is 7.86. The number of rotatable bonds is 5. The fourth-order valence-corrected chi connectivity index (χ4v) is 3.92. The third-order valence-corrected chi connectivity index (χ3v) is 5.87. The molecule has 0 fully saturated rings. The Morgan fingerprint density at radius 2 is 1.74 bits per heavy atom. The molecule has 4 rings (SSSR count). The minimum Gasteiger partial charge on any atom is -0.338 e. The molecule has 0 atom stereocenters. The van der Waals surface area contributed by atoms with Crippen molar-refractivity contribution in [2.24, 2.45) is 0 Å². The Labute approximate surface area is 182 Å². The van der Waals surface area contributed by atoms with Crippen LogP contribution in [-0.4, -0.2) is 22.6 Å². The molecule has 0 aliphatic carbocycles. The summed E-state index contributed by atoms with van der Waals surface area (Å²) >= 11 is 0. The number of ketones is 1. The van der Waals surface area contributed by atoms with Crippen molar-refractivity contribution < 1.29 is 4.79 Å². The summed E-state index contributed by atoms with van der Waals surface area (Å²) in [6, 6.07) is 18.9. The van der Waals surface area contributed by atoms with Gasteiger partial charge in [-0.15, -0.1) is 0 Å². The molecule has 0 saturated carbocycles. The van der Waals surface area contributed by atoms with Crippen molar-refractivity contribution in [2.45, 2.75) is 34.1 Å². The van der Waals surface area contributed by atoms with Gasteiger partial charge < -0.3 is 4.57 Å². The highest BCUT2D eigenvalue weighted by Gasteiger charge is 2.21. The highest BCUT2D eigenvalue weighted by atomic mass is 16.1. The van der Waals surface area contributed by atoms with Crippen LogP contribution in [0.25, 0.3) is 10.9 Å². The molecule has 0 aliphatic heterocycles. The van der Waals surface area contributed by atoms with E-state index in [1.54, 1.807) is 12.1 Å². The molecule has 4 nitrogen and oxygen atoms in total. The van der Waals surface area contributed by atoms with Crippen LogP contribution in [0.15, 0.2) is 65.5 Å². The zero-order valence-electron chi connectivity index (χ0n) is 18.3. The van der Waals surface area contributed by atoms with Gasteiger partial charge in [-0.25, -0.2) is 0 Å². The van der Waals surface area contributed by atoms with E-state index in [0.29, 0.717) is 23.2 Å². The van der Waals surface area contributed by atoms with Gasteiger partial charge in [0.05, 0.1) is 23.3 Å². The number of pyridine rings is 2. The van der Waals surface area contributed by atoms with Gasteiger partial charge in [-0.3, -0.25) is 14.6 Å². The number of benzene rings is 2. The van der Waals surface area contributed by atoms with Crippen LogP contribution in [0.5, 0.6) is 0 Å². The Kier molecular flexibility index (Phi) is 5.60. The van der Waals surface area contributed by atoms with Crippen LogP contribution in [0.3, 0.4) is 0 Å². The number of nitrogens with zero attached hydrogens (tertiary/aromatic N) is 2. The summed E-state index contributed by atoms with van der Waals surface area (Å²) in [6.45, 7) is 8.25. The maximum Gasteiger partial charge on any atom is 0.200 e. The summed E-state index contributed by atoms with van der Waals surface area (Å²) in [7, 11) is 1.95. The predicted octanol–water partition coefficient (Wildman–Crippen LogP) is 3.98. The van der Waals surface area contributed by atoms with Gasteiger partial charge >= 0.3 is 0 Å². The molecule has 2 aromatic heterocycles. The fourth-order valence-electron chi connectivity index (χ4n) is 3.92. The van der Waals surface area contributed by atoms with E-state index >= 15 is 0 Å². The third kappa shape index (κ3) is 3.84. The molecule has 153 valence electrons. The Morgan fingerprint density at radius 3 is 2.48 bits per heavy atom. The lowest BCUT2D eigenvalue weighted by Gasteiger charge is -2.18. The van der Waals surface area contributed by atoms with Crippen molar-refractivity contribution in [1.29, 1.82) is 0 Å². The second-order valence-corrected chi connectivity index (χ2v) is 7.86. The molecule has 5 heteroatoms. The molecule has 0 saturated heterocycles. The highest BCUT2D eigenvalue weighted by molar-refractivity contribution is 6.50. The first-order chi connectivity index (χ1) is 14.9. The molecule has 1 radical (unpaired) electrons. The molecule has 0 bridgehead atoms. The molecule has 0 amide bonds. The number of aromatic nitrogens is 2. The van der Waals surface area contributed by atoms with Gasteiger partial charge in [-0.1, -0.05) is 43.2 Å². The molecule has 2 heterocycles. The molecular weight excluding hydrogens is 383 g/mol. The van der Waals surface area contributed by atoms with Crippen molar-refractivity contribution in [2.75, 3.05) is 0 Å². The minimum atomic E-state index is -0.242.